The molecule has 34 heavy (non-hydrogen) atoms. The van der Waals surface area contributed by atoms with Crippen LogP contribution >= 0.6 is 0 Å². The number of hydrogen-bond acceptors (Lipinski definition) is 5. The molecule has 8 heteroatoms. The van der Waals surface area contributed by atoms with Gasteiger partial charge in [-0.2, -0.15) is 4.98 Å². The van der Waals surface area contributed by atoms with Gasteiger partial charge in [0.2, 0.25) is 5.95 Å². The zero-order valence-corrected chi connectivity index (χ0v) is 19.9. The second kappa shape index (κ2) is 8.52. The Kier molecular flexibility index (Phi) is 5.51. The molecule has 4 aromatic rings. The predicted molar refractivity (Wildman–Crippen MR) is 133 cm³/mol. The Bertz CT molecular complexity index is 1450. The number of para-hydroxylation sites is 1. The average molecular weight is 460 g/mol. The lowest BCUT2D eigenvalue weighted by molar-refractivity contribution is 0.454. The van der Waals surface area contributed by atoms with Gasteiger partial charge >= 0.3 is 5.69 Å². The van der Waals surface area contributed by atoms with E-state index in [2.05, 4.69) is 11.8 Å². The average Bonchev–Trinajstić information content (AvgIpc) is 3.20. The Hall–Kier alpha value is -3.81. The predicted octanol–water partition coefficient (Wildman–Crippen LogP) is 4.13. The maximum Gasteiger partial charge on any atom is 0.332 e. The number of nitrogens with zero attached hydrogens (tertiary/aromatic N) is 5. The van der Waals surface area contributed by atoms with Gasteiger partial charge in [0, 0.05) is 32.4 Å². The summed E-state index contributed by atoms with van der Waals surface area (Å²) in [6.45, 7) is 7.96. The van der Waals surface area contributed by atoms with Gasteiger partial charge < -0.3 is 14.2 Å². The summed E-state index contributed by atoms with van der Waals surface area (Å²) in [4.78, 5) is 33.2. The molecule has 2 aromatic heterocycles. The second-order valence-electron chi connectivity index (χ2n) is 9.47. The van der Waals surface area contributed by atoms with E-state index in [1.54, 1.807) is 7.05 Å². The molecule has 176 valence electrons. The number of anilines is 2. The third kappa shape index (κ3) is 3.79. The van der Waals surface area contributed by atoms with E-state index >= 15 is 0 Å². The minimum absolute atomic E-state index is 0.179. The first-order chi connectivity index (χ1) is 16.3. The molecule has 8 nitrogen and oxygen atoms in total. The van der Waals surface area contributed by atoms with Crippen LogP contribution in [0.1, 0.15) is 20.8 Å². The van der Waals surface area contributed by atoms with Crippen molar-refractivity contribution in [1.82, 2.24) is 18.7 Å². The Labute approximate surface area is 197 Å². The number of ether oxygens (including phenoxy) is 1. The fourth-order valence-corrected chi connectivity index (χ4v) is 4.57. The van der Waals surface area contributed by atoms with Gasteiger partial charge in [-0.25, -0.2) is 4.79 Å². The van der Waals surface area contributed by atoms with Gasteiger partial charge in [0.05, 0.1) is 0 Å². The Morgan fingerprint density at radius 3 is 2.35 bits per heavy atom. The van der Waals surface area contributed by atoms with Crippen LogP contribution in [0.5, 0.6) is 11.5 Å². The van der Waals surface area contributed by atoms with Crippen molar-refractivity contribution < 1.29 is 4.74 Å². The van der Waals surface area contributed by atoms with Crippen molar-refractivity contribution in [2.45, 2.75) is 33.9 Å². The van der Waals surface area contributed by atoms with Crippen LogP contribution in [-0.4, -0.2) is 25.2 Å². The molecule has 1 unspecified atom stereocenters. The van der Waals surface area contributed by atoms with Crippen molar-refractivity contribution in [3.8, 4) is 11.5 Å². The number of aromatic nitrogens is 4. The Morgan fingerprint density at radius 1 is 1.00 bits per heavy atom. The monoisotopic (exact) mass is 459 g/mol. The van der Waals surface area contributed by atoms with E-state index in [-0.39, 0.29) is 17.2 Å². The Morgan fingerprint density at radius 2 is 1.68 bits per heavy atom. The summed E-state index contributed by atoms with van der Waals surface area (Å²) in [5.41, 5.74) is 1.26. The number of fused-ring (bicyclic) bond motifs is 3. The molecule has 2 aromatic carbocycles. The van der Waals surface area contributed by atoms with Gasteiger partial charge in [0.15, 0.2) is 11.2 Å². The van der Waals surface area contributed by atoms with Crippen LogP contribution in [-0.2, 0) is 20.1 Å². The quantitative estimate of drug-likeness (QED) is 0.449. The number of benzene rings is 2. The van der Waals surface area contributed by atoms with Crippen molar-refractivity contribution in [1.29, 1.82) is 0 Å². The molecule has 3 heterocycles. The summed E-state index contributed by atoms with van der Waals surface area (Å²) < 4.78 is 10.7. The van der Waals surface area contributed by atoms with Crippen LogP contribution in [0, 0.1) is 11.8 Å². The SMILES string of the molecule is CC(C)Cn1c(=O)c2c(nc3n2CC(C)CN3c2ccc(Oc3ccccc3)cc2)n(C)c1=O. The zero-order chi connectivity index (χ0) is 24.0. The molecule has 0 bridgehead atoms. The lowest BCUT2D eigenvalue weighted by Crippen LogP contribution is -2.41. The highest BCUT2D eigenvalue weighted by Gasteiger charge is 2.30. The normalized spacial score (nSPS) is 15.7. The van der Waals surface area contributed by atoms with E-state index in [0.717, 1.165) is 23.7 Å². The summed E-state index contributed by atoms with van der Waals surface area (Å²) in [6, 6.07) is 17.5. The van der Waals surface area contributed by atoms with Crippen LogP contribution < -0.4 is 20.9 Å². The molecular formula is C26H29N5O3. The second-order valence-corrected chi connectivity index (χ2v) is 9.47. The largest absolute Gasteiger partial charge is 0.457 e. The van der Waals surface area contributed by atoms with Crippen LogP contribution in [0.3, 0.4) is 0 Å². The molecule has 0 amide bonds. The Balaban J connectivity index is 1.58. The van der Waals surface area contributed by atoms with Crippen LogP contribution in [0.4, 0.5) is 11.6 Å². The third-order valence-electron chi connectivity index (χ3n) is 6.12. The minimum Gasteiger partial charge on any atom is -0.457 e. The molecule has 1 aliphatic heterocycles. The molecule has 1 atom stereocenters. The highest BCUT2D eigenvalue weighted by Crippen LogP contribution is 2.34. The van der Waals surface area contributed by atoms with Gasteiger partial charge in [0.25, 0.3) is 5.56 Å². The van der Waals surface area contributed by atoms with Gasteiger partial charge in [-0.1, -0.05) is 39.0 Å². The molecule has 0 aliphatic carbocycles. The fourth-order valence-electron chi connectivity index (χ4n) is 4.57. The molecule has 0 saturated heterocycles. The molecule has 0 radical (unpaired) electrons. The molecule has 0 saturated carbocycles. The summed E-state index contributed by atoms with van der Waals surface area (Å²) in [7, 11) is 1.68. The molecular weight excluding hydrogens is 430 g/mol. The van der Waals surface area contributed by atoms with Gasteiger partial charge in [-0.15, -0.1) is 0 Å². The van der Waals surface area contributed by atoms with Gasteiger partial charge in [-0.3, -0.25) is 13.9 Å². The number of rotatable bonds is 5. The number of aryl methyl sites for hydroxylation is 1. The maximum atomic E-state index is 13.4. The molecule has 0 N–H and O–H groups in total. The standard InChI is InChI=1S/C26H29N5O3/c1-17(2)14-31-24(32)22-23(28(4)26(31)33)27-25-29(15-18(3)16-30(22)25)19-10-12-21(13-11-19)34-20-8-6-5-7-9-20/h5-13,17-18H,14-16H2,1-4H3. The number of imidazole rings is 1. The first-order valence-corrected chi connectivity index (χ1v) is 11.6. The van der Waals surface area contributed by atoms with Crippen LogP contribution in [0.2, 0.25) is 0 Å². The van der Waals surface area contributed by atoms with Gasteiger partial charge in [0.1, 0.15) is 11.5 Å². The summed E-state index contributed by atoms with van der Waals surface area (Å²) >= 11 is 0. The zero-order valence-electron chi connectivity index (χ0n) is 19.9. The van der Waals surface area contributed by atoms with Crippen LogP contribution in [0.25, 0.3) is 11.2 Å². The molecule has 0 spiro atoms. The van der Waals surface area contributed by atoms with Crippen molar-refractivity contribution in [2.75, 3.05) is 11.4 Å². The van der Waals surface area contributed by atoms with E-state index in [9.17, 15) is 9.59 Å². The summed E-state index contributed by atoms with van der Waals surface area (Å²) in [5.74, 6) is 2.67. The third-order valence-corrected chi connectivity index (χ3v) is 6.12. The van der Waals surface area contributed by atoms with Crippen molar-refractivity contribution in [2.24, 2.45) is 18.9 Å². The molecule has 0 fully saturated rings. The highest BCUT2D eigenvalue weighted by molar-refractivity contribution is 5.77. The first-order valence-electron chi connectivity index (χ1n) is 11.6. The lowest BCUT2D eigenvalue weighted by Gasteiger charge is -2.33. The van der Waals surface area contributed by atoms with E-state index < -0.39 is 0 Å². The van der Waals surface area contributed by atoms with Crippen molar-refractivity contribution in [3.05, 3.63) is 75.4 Å². The van der Waals surface area contributed by atoms with E-state index in [1.807, 2.05) is 73.0 Å². The molecule has 5 rings (SSSR count). The van der Waals surface area contributed by atoms with Crippen LogP contribution in [0.15, 0.2) is 64.2 Å². The van der Waals surface area contributed by atoms with E-state index in [1.165, 1.54) is 9.13 Å². The van der Waals surface area contributed by atoms with Crippen molar-refractivity contribution in [3.63, 3.8) is 0 Å². The summed E-state index contributed by atoms with van der Waals surface area (Å²) in [6.07, 6.45) is 0. The minimum atomic E-state index is -0.330. The van der Waals surface area contributed by atoms with Crippen molar-refractivity contribution >= 4 is 22.8 Å². The van der Waals surface area contributed by atoms with Gasteiger partial charge in [-0.05, 0) is 48.2 Å². The van der Waals surface area contributed by atoms with E-state index in [4.69, 9.17) is 9.72 Å². The van der Waals surface area contributed by atoms with E-state index in [0.29, 0.717) is 36.1 Å². The maximum absolute atomic E-state index is 13.4. The smallest absolute Gasteiger partial charge is 0.332 e. The lowest BCUT2D eigenvalue weighted by atomic mass is 10.1. The fraction of sp³-hybridized carbons (Fsp3) is 0.346. The highest BCUT2D eigenvalue weighted by atomic mass is 16.5. The number of hydrogen-bond donors (Lipinski definition) is 0. The summed E-state index contributed by atoms with van der Waals surface area (Å²) in [5, 5.41) is 0. The molecule has 1 aliphatic rings. The first kappa shape index (κ1) is 22.0. The topological polar surface area (TPSA) is 74.3 Å².